The van der Waals surface area contributed by atoms with Gasteiger partial charge in [0.2, 0.25) is 0 Å². The molecule has 1 aromatic heterocycles. The molecular formula is C9H12N2OS. The fourth-order valence-corrected chi connectivity index (χ4v) is 2.09. The second-order valence-electron chi connectivity index (χ2n) is 3.32. The molecule has 0 atom stereocenters. The molecule has 13 heavy (non-hydrogen) atoms. The maximum absolute atomic E-state index is 11.7. The van der Waals surface area contributed by atoms with Gasteiger partial charge in [-0.05, 0) is 37.4 Å². The average molecular weight is 196 g/mol. The Balaban J connectivity index is 2.12. The SMILES string of the molecule is Cc1cc(C(=O)N2CCCC2)ns1. The van der Waals surface area contributed by atoms with E-state index in [1.54, 1.807) is 0 Å². The van der Waals surface area contributed by atoms with Crippen molar-refractivity contribution in [3.05, 3.63) is 16.6 Å². The van der Waals surface area contributed by atoms with E-state index in [-0.39, 0.29) is 5.91 Å². The fourth-order valence-electron chi connectivity index (χ4n) is 1.55. The Labute approximate surface area is 81.5 Å². The summed E-state index contributed by atoms with van der Waals surface area (Å²) in [6.07, 6.45) is 2.27. The van der Waals surface area contributed by atoms with Gasteiger partial charge in [0.1, 0.15) is 5.69 Å². The van der Waals surface area contributed by atoms with Gasteiger partial charge in [-0.2, -0.15) is 4.37 Å². The predicted octanol–water partition coefficient (Wildman–Crippen LogP) is 1.69. The number of amides is 1. The van der Waals surface area contributed by atoms with E-state index in [1.165, 1.54) is 11.5 Å². The summed E-state index contributed by atoms with van der Waals surface area (Å²) in [4.78, 5) is 14.7. The van der Waals surface area contributed by atoms with E-state index >= 15 is 0 Å². The molecule has 0 radical (unpaired) electrons. The van der Waals surface area contributed by atoms with Crippen LogP contribution in [0.1, 0.15) is 28.2 Å². The predicted molar refractivity (Wildman–Crippen MR) is 52.0 cm³/mol. The molecule has 0 saturated carbocycles. The number of carbonyl (C=O) groups excluding carboxylic acids is 1. The molecule has 3 nitrogen and oxygen atoms in total. The average Bonchev–Trinajstić information content (AvgIpc) is 2.72. The Morgan fingerprint density at radius 3 is 2.77 bits per heavy atom. The lowest BCUT2D eigenvalue weighted by atomic mass is 10.3. The van der Waals surface area contributed by atoms with Crippen LogP contribution in [-0.4, -0.2) is 28.3 Å². The van der Waals surface area contributed by atoms with Gasteiger partial charge < -0.3 is 4.90 Å². The molecule has 0 N–H and O–H groups in total. The van der Waals surface area contributed by atoms with Gasteiger partial charge in [0, 0.05) is 18.0 Å². The highest BCUT2D eigenvalue weighted by molar-refractivity contribution is 7.05. The van der Waals surface area contributed by atoms with Gasteiger partial charge in [-0.3, -0.25) is 4.79 Å². The van der Waals surface area contributed by atoms with Crippen LogP contribution >= 0.6 is 11.5 Å². The van der Waals surface area contributed by atoms with Gasteiger partial charge in [0.05, 0.1) is 0 Å². The summed E-state index contributed by atoms with van der Waals surface area (Å²) in [7, 11) is 0. The van der Waals surface area contributed by atoms with Crippen LogP contribution in [0, 0.1) is 6.92 Å². The normalized spacial score (nSPS) is 16.5. The van der Waals surface area contributed by atoms with Crippen LogP contribution < -0.4 is 0 Å². The van der Waals surface area contributed by atoms with E-state index in [0.29, 0.717) is 5.69 Å². The third-order valence-corrected chi connectivity index (χ3v) is 2.93. The molecule has 1 amide bonds. The minimum absolute atomic E-state index is 0.0989. The second kappa shape index (κ2) is 3.46. The summed E-state index contributed by atoms with van der Waals surface area (Å²) in [5.41, 5.74) is 0.615. The van der Waals surface area contributed by atoms with Crippen molar-refractivity contribution < 1.29 is 4.79 Å². The van der Waals surface area contributed by atoms with Crippen molar-refractivity contribution in [2.75, 3.05) is 13.1 Å². The van der Waals surface area contributed by atoms with Crippen LogP contribution in [-0.2, 0) is 0 Å². The Morgan fingerprint density at radius 1 is 1.54 bits per heavy atom. The molecule has 1 aliphatic rings. The van der Waals surface area contributed by atoms with Gasteiger partial charge in [-0.1, -0.05) is 0 Å². The second-order valence-corrected chi connectivity index (χ2v) is 4.33. The van der Waals surface area contributed by atoms with Crippen LogP contribution in [0.4, 0.5) is 0 Å². The molecule has 0 aliphatic carbocycles. The first kappa shape index (κ1) is 8.69. The van der Waals surface area contributed by atoms with Crippen LogP contribution in [0.15, 0.2) is 6.07 Å². The Kier molecular flexibility index (Phi) is 2.31. The van der Waals surface area contributed by atoms with Crippen LogP contribution in [0.3, 0.4) is 0 Å². The number of aryl methyl sites for hydroxylation is 1. The van der Waals surface area contributed by atoms with Crippen LogP contribution in [0.2, 0.25) is 0 Å². The van der Waals surface area contributed by atoms with Crippen molar-refractivity contribution in [2.24, 2.45) is 0 Å². The van der Waals surface area contributed by atoms with Gasteiger partial charge in [-0.25, -0.2) is 0 Å². The van der Waals surface area contributed by atoms with E-state index in [9.17, 15) is 4.79 Å². The molecule has 0 spiro atoms. The molecule has 0 bridgehead atoms. The fraction of sp³-hybridized carbons (Fsp3) is 0.556. The molecular weight excluding hydrogens is 184 g/mol. The Hall–Kier alpha value is -0.900. The quantitative estimate of drug-likeness (QED) is 0.684. The smallest absolute Gasteiger partial charge is 0.273 e. The van der Waals surface area contributed by atoms with Gasteiger partial charge in [-0.15, -0.1) is 0 Å². The molecule has 1 saturated heterocycles. The van der Waals surface area contributed by atoms with Crippen LogP contribution in [0.25, 0.3) is 0 Å². The van der Waals surface area contributed by atoms with Crippen LogP contribution in [0.5, 0.6) is 0 Å². The largest absolute Gasteiger partial charge is 0.337 e. The number of likely N-dealkylation sites (tertiary alicyclic amines) is 1. The summed E-state index contributed by atoms with van der Waals surface area (Å²) >= 11 is 1.39. The molecule has 0 aromatic carbocycles. The molecule has 2 rings (SSSR count). The lowest BCUT2D eigenvalue weighted by Gasteiger charge is -2.12. The summed E-state index contributed by atoms with van der Waals surface area (Å²) in [6, 6.07) is 1.87. The van der Waals surface area contributed by atoms with Crippen molar-refractivity contribution >= 4 is 17.4 Å². The molecule has 1 aromatic rings. The maximum Gasteiger partial charge on any atom is 0.273 e. The minimum Gasteiger partial charge on any atom is -0.337 e. The summed E-state index contributed by atoms with van der Waals surface area (Å²) in [5.74, 6) is 0.0989. The minimum atomic E-state index is 0.0989. The first-order valence-electron chi connectivity index (χ1n) is 4.50. The molecule has 2 heterocycles. The topological polar surface area (TPSA) is 33.2 Å². The first-order valence-corrected chi connectivity index (χ1v) is 5.27. The summed E-state index contributed by atoms with van der Waals surface area (Å²) in [6.45, 7) is 3.77. The molecule has 1 aliphatic heterocycles. The summed E-state index contributed by atoms with van der Waals surface area (Å²) in [5, 5.41) is 0. The number of rotatable bonds is 1. The zero-order chi connectivity index (χ0) is 9.26. The van der Waals surface area contributed by atoms with Crippen molar-refractivity contribution in [3.63, 3.8) is 0 Å². The lowest BCUT2D eigenvalue weighted by molar-refractivity contribution is 0.0788. The van der Waals surface area contributed by atoms with E-state index in [2.05, 4.69) is 4.37 Å². The highest BCUT2D eigenvalue weighted by Gasteiger charge is 2.20. The lowest BCUT2D eigenvalue weighted by Crippen LogP contribution is -2.27. The highest BCUT2D eigenvalue weighted by Crippen LogP contribution is 2.14. The molecule has 70 valence electrons. The molecule has 1 fully saturated rings. The monoisotopic (exact) mass is 196 g/mol. The maximum atomic E-state index is 11.7. The number of aromatic nitrogens is 1. The van der Waals surface area contributed by atoms with Crippen molar-refractivity contribution in [1.29, 1.82) is 0 Å². The third kappa shape index (κ3) is 1.72. The van der Waals surface area contributed by atoms with E-state index in [0.717, 1.165) is 30.8 Å². The number of hydrogen-bond donors (Lipinski definition) is 0. The van der Waals surface area contributed by atoms with Gasteiger partial charge >= 0.3 is 0 Å². The number of carbonyl (C=O) groups is 1. The van der Waals surface area contributed by atoms with Gasteiger partial charge in [0.25, 0.3) is 5.91 Å². The van der Waals surface area contributed by atoms with Crippen molar-refractivity contribution in [3.8, 4) is 0 Å². The van der Waals surface area contributed by atoms with E-state index in [4.69, 9.17) is 0 Å². The standard InChI is InChI=1S/C9H12N2OS/c1-7-6-8(10-13-7)9(12)11-4-2-3-5-11/h6H,2-5H2,1H3. The number of hydrogen-bond acceptors (Lipinski definition) is 3. The zero-order valence-corrected chi connectivity index (χ0v) is 8.43. The molecule has 0 unspecified atom stereocenters. The highest BCUT2D eigenvalue weighted by atomic mass is 32.1. The Bertz CT molecular complexity index is 315. The van der Waals surface area contributed by atoms with E-state index in [1.807, 2.05) is 17.9 Å². The Morgan fingerprint density at radius 2 is 2.23 bits per heavy atom. The van der Waals surface area contributed by atoms with Gasteiger partial charge in [0.15, 0.2) is 0 Å². The third-order valence-electron chi connectivity index (χ3n) is 2.24. The number of nitrogens with zero attached hydrogens (tertiary/aromatic N) is 2. The van der Waals surface area contributed by atoms with Crippen molar-refractivity contribution in [2.45, 2.75) is 19.8 Å². The summed E-state index contributed by atoms with van der Waals surface area (Å²) < 4.78 is 4.11. The zero-order valence-electron chi connectivity index (χ0n) is 7.62. The van der Waals surface area contributed by atoms with E-state index < -0.39 is 0 Å². The molecule has 4 heteroatoms. The van der Waals surface area contributed by atoms with Crippen molar-refractivity contribution in [1.82, 2.24) is 9.27 Å². The first-order chi connectivity index (χ1) is 6.27.